The summed E-state index contributed by atoms with van der Waals surface area (Å²) in [4.78, 5) is 26.7. The lowest BCUT2D eigenvalue weighted by Gasteiger charge is -2.33. The fraction of sp³-hybridized carbons (Fsp3) is 0.529. The van der Waals surface area contributed by atoms with E-state index >= 15 is 0 Å². The van der Waals surface area contributed by atoms with Gasteiger partial charge < -0.3 is 14.7 Å². The van der Waals surface area contributed by atoms with Crippen LogP contribution in [-0.4, -0.2) is 49.7 Å². The molecule has 2 aromatic rings. The van der Waals surface area contributed by atoms with Crippen LogP contribution in [-0.2, 0) is 4.74 Å². The van der Waals surface area contributed by atoms with E-state index in [1.165, 1.54) is 12.5 Å². The van der Waals surface area contributed by atoms with Crippen molar-refractivity contribution in [2.45, 2.75) is 45.1 Å². The van der Waals surface area contributed by atoms with E-state index in [1.54, 1.807) is 11.0 Å². The average molecular weight is 330 g/mol. The second kappa shape index (κ2) is 6.22. The SMILES string of the molecule is CC(C)(C)OC(=O)N1CCC(c2ncnc3cc(O)cnc23)CC1. The van der Waals surface area contributed by atoms with E-state index in [0.29, 0.717) is 24.1 Å². The number of fused-ring (bicyclic) bond motifs is 1. The van der Waals surface area contributed by atoms with Crippen molar-refractivity contribution in [3.05, 3.63) is 24.3 Å². The predicted octanol–water partition coefficient (Wildman–Crippen LogP) is 2.84. The highest BCUT2D eigenvalue weighted by molar-refractivity contribution is 5.77. The Balaban J connectivity index is 1.72. The van der Waals surface area contributed by atoms with Gasteiger partial charge in [-0.15, -0.1) is 0 Å². The Kier molecular flexibility index (Phi) is 4.26. The Bertz CT molecular complexity index is 749. The lowest BCUT2D eigenvalue weighted by molar-refractivity contribution is 0.0204. The Morgan fingerprint density at radius 1 is 1.25 bits per heavy atom. The second-order valence-electron chi connectivity index (χ2n) is 7.06. The molecular weight excluding hydrogens is 308 g/mol. The van der Waals surface area contributed by atoms with Crippen LogP contribution in [0.25, 0.3) is 11.0 Å². The van der Waals surface area contributed by atoms with E-state index in [2.05, 4.69) is 15.0 Å². The normalized spacial score (nSPS) is 16.4. The number of carbonyl (C=O) groups is 1. The quantitative estimate of drug-likeness (QED) is 0.865. The molecule has 1 amide bonds. The molecule has 0 atom stereocenters. The summed E-state index contributed by atoms with van der Waals surface area (Å²) in [6.07, 6.45) is 4.24. The number of amides is 1. The zero-order valence-electron chi connectivity index (χ0n) is 14.2. The molecule has 3 heterocycles. The van der Waals surface area contributed by atoms with Crippen molar-refractivity contribution in [3.8, 4) is 5.75 Å². The van der Waals surface area contributed by atoms with Crippen LogP contribution in [0.1, 0.15) is 45.2 Å². The lowest BCUT2D eigenvalue weighted by Crippen LogP contribution is -2.41. The first-order chi connectivity index (χ1) is 11.3. The van der Waals surface area contributed by atoms with Crippen LogP contribution in [0.5, 0.6) is 5.75 Å². The molecule has 0 radical (unpaired) electrons. The maximum atomic E-state index is 12.1. The first kappa shape index (κ1) is 16.4. The van der Waals surface area contributed by atoms with Gasteiger partial charge in [0.1, 0.15) is 23.2 Å². The number of hydrogen-bond acceptors (Lipinski definition) is 6. The number of ether oxygens (including phenoxy) is 1. The smallest absolute Gasteiger partial charge is 0.410 e. The van der Waals surface area contributed by atoms with Gasteiger partial charge in [-0.25, -0.2) is 19.7 Å². The predicted molar refractivity (Wildman–Crippen MR) is 88.8 cm³/mol. The number of nitrogens with zero attached hydrogens (tertiary/aromatic N) is 4. The Morgan fingerprint density at radius 2 is 1.96 bits per heavy atom. The van der Waals surface area contributed by atoms with Crippen LogP contribution in [0.15, 0.2) is 18.6 Å². The van der Waals surface area contributed by atoms with Crippen molar-refractivity contribution in [1.29, 1.82) is 0 Å². The van der Waals surface area contributed by atoms with Gasteiger partial charge in [0.15, 0.2) is 0 Å². The number of rotatable bonds is 1. The minimum Gasteiger partial charge on any atom is -0.506 e. The first-order valence-corrected chi connectivity index (χ1v) is 8.11. The van der Waals surface area contributed by atoms with Gasteiger partial charge >= 0.3 is 6.09 Å². The number of carbonyl (C=O) groups excluding carboxylic acids is 1. The molecule has 0 unspecified atom stereocenters. The van der Waals surface area contributed by atoms with Gasteiger partial charge in [0, 0.05) is 25.1 Å². The van der Waals surface area contributed by atoms with Crippen LogP contribution in [0.3, 0.4) is 0 Å². The number of pyridine rings is 1. The third kappa shape index (κ3) is 3.55. The average Bonchev–Trinajstić information content (AvgIpc) is 2.52. The standard InChI is InChI=1S/C17H22N4O3/c1-17(2,3)24-16(23)21-6-4-11(5-7-21)14-15-13(19-10-20-14)8-12(22)9-18-15/h8-11,22H,4-7H2,1-3H3. The summed E-state index contributed by atoms with van der Waals surface area (Å²) in [7, 11) is 0. The van der Waals surface area contributed by atoms with E-state index in [0.717, 1.165) is 18.5 Å². The number of aromatic nitrogens is 3. The Hall–Kier alpha value is -2.44. The molecule has 1 fully saturated rings. The van der Waals surface area contributed by atoms with Crippen molar-refractivity contribution in [2.75, 3.05) is 13.1 Å². The van der Waals surface area contributed by atoms with Crippen LogP contribution in [0.4, 0.5) is 4.79 Å². The maximum absolute atomic E-state index is 12.1. The van der Waals surface area contributed by atoms with Gasteiger partial charge in [0.2, 0.25) is 0 Å². The fourth-order valence-corrected chi connectivity index (χ4v) is 2.91. The number of piperidine rings is 1. The van der Waals surface area contributed by atoms with Crippen LogP contribution < -0.4 is 0 Å². The summed E-state index contributed by atoms with van der Waals surface area (Å²) in [5.41, 5.74) is 1.74. The van der Waals surface area contributed by atoms with Gasteiger partial charge in [-0.3, -0.25) is 0 Å². The fourth-order valence-electron chi connectivity index (χ4n) is 2.91. The monoisotopic (exact) mass is 330 g/mol. The maximum Gasteiger partial charge on any atom is 0.410 e. The van der Waals surface area contributed by atoms with Crippen molar-refractivity contribution in [3.63, 3.8) is 0 Å². The molecule has 3 rings (SSSR count). The highest BCUT2D eigenvalue weighted by Crippen LogP contribution is 2.31. The van der Waals surface area contributed by atoms with Crippen molar-refractivity contribution in [2.24, 2.45) is 0 Å². The van der Waals surface area contributed by atoms with E-state index in [1.807, 2.05) is 20.8 Å². The molecule has 1 saturated heterocycles. The van der Waals surface area contributed by atoms with E-state index in [4.69, 9.17) is 4.74 Å². The van der Waals surface area contributed by atoms with E-state index in [-0.39, 0.29) is 17.8 Å². The summed E-state index contributed by atoms with van der Waals surface area (Å²) >= 11 is 0. The number of hydrogen-bond donors (Lipinski definition) is 1. The van der Waals surface area contributed by atoms with Crippen molar-refractivity contribution < 1.29 is 14.6 Å². The van der Waals surface area contributed by atoms with Crippen LogP contribution in [0, 0.1) is 0 Å². The topological polar surface area (TPSA) is 88.4 Å². The Labute approximate surface area is 140 Å². The molecule has 1 aliphatic heterocycles. The zero-order chi connectivity index (χ0) is 17.3. The van der Waals surface area contributed by atoms with Crippen molar-refractivity contribution >= 4 is 17.1 Å². The number of likely N-dealkylation sites (tertiary alicyclic amines) is 1. The summed E-state index contributed by atoms with van der Waals surface area (Å²) in [5.74, 6) is 0.304. The molecule has 0 aliphatic carbocycles. The van der Waals surface area contributed by atoms with Gasteiger partial charge in [-0.2, -0.15) is 0 Å². The van der Waals surface area contributed by atoms with Crippen molar-refractivity contribution in [1.82, 2.24) is 19.9 Å². The second-order valence-corrected chi connectivity index (χ2v) is 7.06. The molecule has 0 bridgehead atoms. The molecule has 0 saturated carbocycles. The minimum absolute atomic E-state index is 0.0897. The molecule has 0 spiro atoms. The summed E-state index contributed by atoms with van der Waals surface area (Å²) in [6.45, 7) is 6.86. The lowest BCUT2D eigenvalue weighted by atomic mass is 9.92. The highest BCUT2D eigenvalue weighted by Gasteiger charge is 2.29. The summed E-state index contributed by atoms with van der Waals surface area (Å²) < 4.78 is 5.42. The zero-order valence-corrected chi connectivity index (χ0v) is 14.2. The molecule has 128 valence electrons. The largest absolute Gasteiger partial charge is 0.506 e. The first-order valence-electron chi connectivity index (χ1n) is 8.11. The summed E-state index contributed by atoms with van der Waals surface area (Å²) in [5, 5.41) is 9.54. The van der Waals surface area contributed by atoms with Gasteiger partial charge in [-0.1, -0.05) is 0 Å². The molecule has 1 aliphatic rings. The molecule has 1 N–H and O–H groups in total. The van der Waals surface area contributed by atoms with Gasteiger partial charge in [0.25, 0.3) is 0 Å². The molecule has 7 nitrogen and oxygen atoms in total. The van der Waals surface area contributed by atoms with E-state index < -0.39 is 5.60 Å². The van der Waals surface area contributed by atoms with Gasteiger partial charge in [0.05, 0.1) is 17.4 Å². The van der Waals surface area contributed by atoms with Crippen LogP contribution >= 0.6 is 0 Å². The Morgan fingerprint density at radius 3 is 2.62 bits per heavy atom. The molecule has 0 aromatic carbocycles. The number of aromatic hydroxyl groups is 1. The summed E-state index contributed by atoms with van der Waals surface area (Å²) in [6, 6.07) is 1.59. The molecular formula is C17H22N4O3. The third-order valence-electron chi connectivity index (χ3n) is 4.02. The highest BCUT2D eigenvalue weighted by atomic mass is 16.6. The molecule has 7 heteroatoms. The minimum atomic E-state index is -0.483. The molecule has 24 heavy (non-hydrogen) atoms. The van der Waals surface area contributed by atoms with Crippen LogP contribution in [0.2, 0.25) is 0 Å². The molecule has 2 aromatic heterocycles. The van der Waals surface area contributed by atoms with E-state index in [9.17, 15) is 9.90 Å². The third-order valence-corrected chi connectivity index (χ3v) is 4.02. The van der Waals surface area contributed by atoms with Gasteiger partial charge in [-0.05, 0) is 33.6 Å².